The van der Waals surface area contributed by atoms with E-state index in [0.717, 1.165) is 0 Å². The molecular formula is C14H14Cl2O4. The predicted molar refractivity (Wildman–Crippen MR) is 77.7 cm³/mol. The Labute approximate surface area is 127 Å². The van der Waals surface area contributed by atoms with Crippen LogP contribution in [0, 0.1) is 0 Å². The second-order valence-electron chi connectivity index (χ2n) is 4.01. The minimum Gasteiger partial charge on any atom is -0.461 e. The molecule has 0 aromatic heterocycles. The Hall–Kier alpha value is -1.52. The maximum atomic E-state index is 10.9. The summed E-state index contributed by atoms with van der Waals surface area (Å²) in [5.74, 6) is -0.841. The van der Waals surface area contributed by atoms with Crippen LogP contribution in [0.5, 0.6) is 0 Å². The van der Waals surface area contributed by atoms with Crippen LogP contribution in [-0.2, 0) is 19.1 Å². The first-order valence-corrected chi connectivity index (χ1v) is 6.56. The highest BCUT2D eigenvalue weighted by atomic mass is 35.5. The Balaban J connectivity index is 2.94. The third-order valence-corrected chi connectivity index (χ3v) is 3.10. The molecule has 108 valence electrons. The smallest absolute Gasteiger partial charge is 0.302 e. The van der Waals surface area contributed by atoms with E-state index >= 15 is 0 Å². The van der Waals surface area contributed by atoms with E-state index in [1.165, 1.54) is 13.8 Å². The van der Waals surface area contributed by atoms with Gasteiger partial charge in [0, 0.05) is 19.4 Å². The van der Waals surface area contributed by atoms with E-state index in [1.54, 1.807) is 24.3 Å². The quantitative estimate of drug-likeness (QED) is 0.780. The van der Waals surface area contributed by atoms with E-state index in [2.05, 4.69) is 0 Å². The number of rotatable bonds is 5. The van der Waals surface area contributed by atoms with Crippen LogP contribution in [0.15, 0.2) is 23.8 Å². The van der Waals surface area contributed by atoms with E-state index in [4.69, 9.17) is 32.7 Å². The summed E-state index contributed by atoms with van der Waals surface area (Å²) >= 11 is 12.0. The molecule has 1 aromatic carbocycles. The average molecular weight is 317 g/mol. The van der Waals surface area contributed by atoms with E-state index < -0.39 is 11.9 Å². The lowest BCUT2D eigenvalue weighted by molar-refractivity contribution is -0.141. The third kappa shape index (κ3) is 5.63. The number of hydrogen-bond acceptors (Lipinski definition) is 4. The molecule has 1 rings (SSSR count). The minimum atomic E-state index is -0.420. The van der Waals surface area contributed by atoms with Crippen molar-refractivity contribution >= 4 is 41.2 Å². The van der Waals surface area contributed by atoms with Gasteiger partial charge in [-0.1, -0.05) is 35.3 Å². The summed E-state index contributed by atoms with van der Waals surface area (Å²) in [6.45, 7) is 2.64. The number of benzene rings is 1. The Morgan fingerprint density at radius 2 is 1.65 bits per heavy atom. The first kappa shape index (κ1) is 16.5. The molecule has 0 saturated heterocycles. The summed E-state index contributed by atoms with van der Waals surface area (Å²) in [6, 6.07) is 5.17. The van der Waals surface area contributed by atoms with Crippen LogP contribution in [0.25, 0.3) is 6.08 Å². The van der Waals surface area contributed by atoms with Crippen molar-refractivity contribution in [3.63, 3.8) is 0 Å². The van der Waals surface area contributed by atoms with Gasteiger partial charge in [0.2, 0.25) is 0 Å². The van der Waals surface area contributed by atoms with Crippen molar-refractivity contribution in [1.29, 1.82) is 0 Å². The zero-order valence-corrected chi connectivity index (χ0v) is 12.6. The lowest BCUT2D eigenvalue weighted by atomic mass is 10.1. The van der Waals surface area contributed by atoms with Crippen molar-refractivity contribution in [2.24, 2.45) is 0 Å². The molecule has 0 heterocycles. The molecule has 1 aromatic rings. The summed E-state index contributed by atoms with van der Waals surface area (Å²) in [5, 5.41) is 0.803. The van der Waals surface area contributed by atoms with Crippen LogP contribution in [0.3, 0.4) is 0 Å². The number of carbonyl (C=O) groups is 2. The molecule has 0 atom stereocenters. The largest absolute Gasteiger partial charge is 0.461 e. The molecule has 0 aliphatic carbocycles. The highest BCUT2D eigenvalue weighted by molar-refractivity contribution is 6.42. The van der Waals surface area contributed by atoms with Crippen LogP contribution >= 0.6 is 23.2 Å². The second kappa shape index (κ2) is 7.92. The van der Waals surface area contributed by atoms with Gasteiger partial charge in [-0.3, -0.25) is 9.59 Å². The van der Waals surface area contributed by atoms with Crippen LogP contribution in [0.1, 0.15) is 19.4 Å². The van der Waals surface area contributed by atoms with Gasteiger partial charge < -0.3 is 9.47 Å². The van der Waals surface area contributed by atoms with Gasteiger partial charge in [-0.2, -0.15) is 0 Å². The first-order valence-electron chi connectivity index (χ1n) is 5.80. The van der Waals surface area contributed by atoms with Gasteiger partial charge in [0.25, 0.3) is 0 Å². The van der Waals surface area contributed by atoms with Crippen LogP contribution in [0.2, 0.25) is 10.0 Å². The van der Waals surface area contributed by atoms with Gasteiger partial charge in [-0.15, -0.1) is 0 Å². The van der Waals surface area contributed by atoms with E-state index in [0.29, 0.717) is 21.2 Å². The number of halogens is 2. The van der Waals surface area contributed by atoms with Crippen molar-refractivity contribution in [1.82, 2.24) is 0 Å². The second-order valence-corrected chi connectivity index (χ2v) is 4.79. The molecule has 0 bridgehead atoms. The molecule has 0 unspecified atom stereocenters. The molecule has 0 aliphatic heterocycles. The highest BCUT2D eigenvalue weighted by Crippen LogP contribution is 2.27. The van der Waals surface area contributed by atoms with Crippen LogP contribution in [0.4, 0.5) is 0 Å². The number of hydrogen-bond donors (Lipinski definition) is 0. The normalized spacial score (nSPS) is 9.80. The Bertz CT molecular complexity index is 518. The van der Waals surface area contributed by atoms with Crippen molar-refractivity contribution in [3.05, 3.63) is 39.4 Å². The maximum absolute atomic E-state index is 10.9. The molecule has 20 heavy (non-hydrogen) atoms. The summed E-state index contributed by atoms with van der Waals surface area (Å²) in [6.07, 6.45) is 1.68. The average Bonchev–Trinajstić information content (AvgIpc) is 2.37. The lowest BCUT2D eigenvalue weighted by Crippen LogP contribution is -2.10. The van der Waals surface area contributed by atoms with Crippen molar-refractivity contribution in [3.8, 4) is 0 Å². The molecule has 0 aliphatic rings. The summed E-state index contributed by atoms with van der Waals surface area (Å²) < 4.78 is 9.81. The van der Waals surface area contributed by atoms with Gasteiger partial charge in [-0.25, -0.2) is 0 Å². The Morgan fingerprint density at radius 1 is 1.10 bits per heavy atom. The number of ether oxygens (including phenoxy) is 2. The molecule has 4 nitrogen and oxygen atoms in total. The molecule has 0 amide bonds. The molecular weight excluding hydrogens is 303 g/mol. The zero-order chi connectivity index (χ0) is 15.1. The van der Waals surface area contributed by atoms with Crippen LogP contribution < -0.4 is 0 Å². The van der Waals surface area contributed by atoms with Gasteiger partial charge in [-0.05, 0) is 17.7 Å². The predicted octanol–water partition coefficient (Wildman–Crippen LogP) is 3.50. The molecule has 0 radical (unpaired) electrons. The standard InChI is InChI=1S/C14H14Cl2O4/c1-9(17)19-7-11(8-20-10(2)18)6-12-4-3-5-13(15)14(12)16/h3-6H,7-8H2,1-2H3. The maximum Gasteiger partial charge on any atom is 0.302 e. The van der Waals surface area contributed by atoms with Crippen molar-refractivity contribution < 1.29 is 19.1 Å². The van der Waals surface area contributed by atoms with E-state index in [1.807, 2.05) is 0 Å². The lowest BCUT2D eigenvalue weighted by Gasteiger charge is -2.09. The van der Waals surface area contributed by atoms with Crippen LogP contribution in [-0.4, -0.2) is 25.2 Å². The third-order valence-electron chi connectivity index (χ3n) is 2.26. The zero-order valence-electron chi connectivity index (χ0n) is 11.1. The highest BCUT2D eigenvalue weighted by Gasteiger charge is 2.07. The van der Waals surface area contributed by atoms with Gasteiger partial charge in [0.15, 0.2) is 0 Å². The SMILES string of the molecule is CC(=O)OCC(=Cc1cccc(Cl)c1Cl)COC(C)=O. The first-order chi connectivity index (χ1) is 9.40. The molecule has 0 N–H and O–H groups in total. The fraction of sp³-hybridized carbons (Fsp3) is 0.286. The molecule has 0 spiro atoms. The summed E-state index contributed by atoms with van der Waals surface area (Å²) in [4.78, 5) is 21.7. The topological polar surface area (TPSA) is 52.6 Å². The van der Waals surface area contributed by atoms with Gasteiger partial charge in [0.1, 0.15) is 13.2 Å². The fourth-order valence-electron chi connectivity index (χ4n) is 1.37. The molecule has 0 saturated carbocycles. The van der Waals surface area contributed by atoms with E-state index in [-0.39, 0.29) is 13.2 Å². The Kier molecular flexibility index (Phi) is 6.55. The molecule has 6 heteroatoms. The fourth-order valence-corrected chi connectivity index (χ4v) is 1.73. The number of carbonyl (C=O) groups excluding carboxylic acids is 2. The van der Waals surface area contributed by atoms with Gasteiger partial charge >= 0.3 is 11.9 Å². The molecule has 0 fully saturated rings. The van der Waals surface area contributed by atoms with Gasteiger partial charge in [0.05, 0.1) is 10.0 Å². The summed E-state index contributed by atoms with van der Waals surface area (Å²) in [5.41, 5.74) is 1.26. The summed E-state index contributed by atoms with van der Waals surface area (Å²) in [7, 11) is 0. The van der Waals surface area contributed by atoms with Crippen molar-refractivity contribution in [2.45, 2.75) is 13.8 Å². The van der Waals surface area contributed by atoms with E-state index in [9.17, 15) is 9.59 Å². The number of esters is 2. The minimum absolute atomic E-state index is 0.0193. The Morgan fingerprint density at radius 3 is 2.15 bits per heavy atom. The van der Waals surface area contributed by atoms with Crippen molar-refractivity contribution in [2.75, 3.05) is 13.2 Å². The monoisotopic (exact) mass is 316 g/mol.